The number of carbonyl (C=O) groups is 1. The molecule has 27 heavy (non-hydrogen) atoms. The second-order valence-electron chi connectivity index (χ2n) is 6.35. The van der Waals surface area contributed by atoms with Gasteiger partial charge in [-0.1, -0.05) is 12.1 Å². The van der Waals surface area contributed by atoms with Gasteiger partial charge < -0.3 is 10.1 Å². The van der Waals surface area contributed by atoms with Gasteiger partial charge >= 0.3 is 0 Å². The SMILES string of the molecule is COCCNC(=O)c1cc(-c2ccc(C)c(C)c2)nn1-c1ccc(F)cc1. The highest BCUT2D eigenvalue weighted by molar-refractivity contribution is 5.94. The lowest BCUT2D eigenvalue weighted by molar-refractivity contribution is 0.0929. The third-order valence-corrected chi connectivity index (χ3v) is 4.41. The molecule has 0 bridgehead atoms. The van der Waals surface area contributed by atoms with Gasteiger partial charge in [0.15, 0.2) is 0 Å². The number of aryl methyl sites for hydroxylation is 2. The molecule has 0 aliphatic rings. The minimum absolute atomic E-state index is 0.265. The minimum atomic E-state index is -0.341. The van der Waals surface area contributed by atoms with E-state index in [0.29, 0.717) is 30.2 Å². The molecule has 0 saturated heterocycles. The van der Waals surface area contributed by atoms with E-state index in [9.17, 15) is 9.18 Å². The monoisotopic (exact) mass is 367 g/mol. The predicted molar refractivity (Wildman–Crippen MR) is 103 cm³/mol. The molecule has 2 aromatic carbocycles. The van der Waals surface area contributed by atoms with Crippen molar-refractivity contribution in [2.24, 2.45) is 0 Å². The number of rotatable bonds is 6. The molecule has 1 amide bonds. The van der Waals surface area contributed by atoms with Crippen LogP contribution in [0.15, 0.2) is 48.5 Å². The van der Waals surface area contributed by atoms with Crippen LogP contribution in [0.3, 0.4) is 0 Å². The van der Waals surface area contributed by atoms with E-state index in [1.807, 2.05) is 32.0 Å². The quantitative estimate of drug-likeness (QED) is 0.677. The first-order valence-electron chi connectivity index (χ1n) is 8.70. The Morgan fingerprint density at radius 3 is 2.52 bits per heavy atom. The molecule has 5 nitrogen and oxygen atoms in total. The molecule has 0 radical (unpaired) electrons. The number of amides is 1. The van der Waals surface area contributed by atoms with Crippen LogP contribution in [0.4, 0.5) is 4.39 Å². The van der Waals surface area contributed by atoms with Gasteiger partial charge in [-0.2, -0.15) is 5.10 Å². The van der Waals surface area contributed by atoms with Gasteiger partial charge in [-0.15, -0.1) is 0 Å². The van der Waals surface area contributed by atoms with Crippen molar-refractivity contribution in [3.05, 3.63) is 71.2 Å². The van der Waals surface area contributed by atoms with E-state index in [-0.39, 0.29) is 11.7 Å². The van der Waals surface area contributed by atoms with Crippen LogP contribution in [0.2, 0.25) is 0 Å². The number of aromatic nitrogens is 2. The summed E-state index contributed by atoms with van der Waals surface area (Å²) in [5.41, 5.74) is 4.93. The molecular weight excluding hydrogens is 345 g/mol. The van der Waals surface area contributed by atoms with Gasteiger partial charge in [-0.05, 0) is 61.4 Å². The van der Waals surface area contributed by atoms with Crippen LogP contribution in [-0.2, 0) is 4.74 Å². The first-order valence-corrected chi connectivity index (χ1v) is 8.70. The topological polar surface area (TPSA) is 56.1 Å². The highest BCUT2D eigenvalue weighted by Crippen LogP contribution is 2.24. The fourth-order valence-corrected chi connectivity index (χ4v) is 2.72. The maximum absolute atomic E-state index is 13.3. The normalized spacial score (nSPS) is 10.8. The Hall–Kier alpha value is -2.99. The summed E-state index contributed by atoms with van der Waals surface area (Å²) in [6.45, 7) is 4.89. The van der Waals surface area contributed by atoms with Crippen molar-refractivity contribution in [2.75, 3.05) is 20.3 Å². The average molecular weight is 367 g/mol. The van der Waals surface area contributed by atoms with Crippen molar-refractivity contribution in [2.45, 2.75) is 13.8 Å². The largest absolute Gasteiger partial charge is 0.383 e. The number of hydrogen-bond acceptors (Lipinski definition) is 3. The second kappa shape index (κ2) is 8.14. The van der Waals surface area contributed by atoms with Crippen LogP contribution >= 0.6 is 0 Å². The van der Waals surface area contributed by atoms with Crippen molar-refractivity contribution >= 4 is 5.91 Å². The van der Waals surface area contributed by atoms with Gasteiger partial charge in [-0.25, -0.2) is 9.07 Å². The molecule has 0 saturated carbocycles. The van der Waals surface area contributed by atoms with E-state index in [2.05, 4.69) is 10.4 Å². The van der Waals surface area contributed by atoms with E-state index in [0.717, 1.165) is 11.1 Å². The Bertz CT molecular complexity index is 949. The Morgan fingerprint density at radius 1 is 1.11 bits per heavy atom. The van der Waals surface area contributed by atoms with Gasteiger partial charge in [-0.3, -0.25) is 4.79 Å². The Balaban J connectivity index is 2.03. The van der Waals surface area contributed by atoms with Crippen LogP contribution < -0.4 is 5.32 Å². The van der Waals surface area contributed by atoms with Crippen LogP contribution in [0.5, 0.6) is 0 Å². The van der Waals surface area contributed by atoms with Crippen molar-refractivity contribution in [3.63, 3.8) is 0 Å². The van der Waals surface area contributed by atoms with Gasteiger partial charge in [0.2, 0.25) is 0 Å². The molecule has 0 unspecified atom stereocenters. The standard InChI is InChI=1S/C21H22FN3O2/c1-14-4-5-16(12-15(14)2)19-13-20(21(26)23-10-11-27-3)25(24-19)18-8-6-17(22)7-9-18/h4-9,12-13H,10-11H2,1-3H3,(H,23,26). The van der Waals surface area contributed by atoms with Gasteiger partial charge in [0, 0.05) is 19.2 Å². The summed E-state index contributed by atoms with van der Waals surface area (Å²) in [6.07, 6.45) is 0. The minimum Gasteiger partial charge on any atom is -0.383 e. The molecule has 0 aliphatic carbocycles. The molecule has 3 rings (SSSR count). The fraction of sp³-hybridized carbons (Fsp3) is 0.238. The molecule has 1 N–H and O–H groups in total. The summed E-state index contributed by atoms with van der Waals surface area (Å²) >= 11 is 0. The van der Waals surface area contributed by atoms with Crippen molar-refractivity contribution in [3.8, 4) is 16.9 Å². The maximum Gasteiger partial charge on any atom is 0.270 e. The molecule has 140 valence electrons. The molecule has 1 heterocycles. The van der Waals surface area contributed by atoms with Crippen LogP contribution in [0.25, 0.3) is 16.9 Å². The zero-order valence-electron chi connectivity index (χ0n) is 15.6. The smallest absolute Gasteiger partial charge is 0.270 e. The Labute approximate surface area is 157 Å². The van der Waals surface area contributed by atoms with Crippen LogP contribution in [-0.4, -0.2) is 35.9 Å². The first-order chi connectivity index (χ1) is 13.0. The van der Waals surface area contributed by atoms with E-state index < -0.39 is 0 Å². The predicted octanol–water partition coefficient (Wildman–Crippen LogP) is 3.67. The number of methoxy groups -OCH3 is 1. The summed E-state index contributed by atoms with van der Waals surface area (Å²) in [5.74, 6) is -0.606. The molecule has 0 fully saturated rings. The molecule has 0 aliphatic heterocycles. The molecule has 6 heteroatoms. The number of halogens is 1. The van der Waals surface area contributed by atoms with Gasteiger partial charge in [0.1, 0.15) is 11.5 Å². The lowest BCUT2D eigenvalue weighted by Gasteiger charge is -2.08. The van der Waals surface area contributed by atoms with Crippen LogP contribution in [0, 0.1) is 19.7 Å². The van der Waals surface area contributed by atoms with Gasteiger partial charge in [0.05, 0.1) is 18.0 Å². The zero-order chi connectivity index (χ0) is 19.4. The lowest BCUT2D eigenvalue weighted by Crippen LogP contribution is -2.28. The number of hydrogen-bond donors (Lipinski definition) is 1. The Kier molecular flexibility index (Phi) is 5.66. The van der Waals surface area contributed by atoms with E-state index in [1.165, 1.54) is 22.4 Å². The summed E-state index contributed by atoms with van der Waals surface area (Å²) in [7, 11) is 1.58. The van der Waals surface area contributed by atoms with Crippen molar-refractivity contribution in [1.29, 1.82) is 0 Å². The number of nitrogens with zero attached hydrogens (tertiary/aromatic N) is 2. The lowest BCUT2D eigenvalue weighted by atomic mass is 10.0. The third kappa shape index (κ3) is 4.23. The summed E-state index contributed by atoms with van der Waals surface area (Å²) < 4.78 is 19.8. The zero-order valence-corrected chi connectivity index (χ0v) is 15.6. The second-order valence-corrected chi connectivity index (χ2v) is 6.35. The number of ether oxygens (including phenoxy) is 1. The molecule has 1 aromatic heterocycles. The average Bonchev–Trinajstić information content (AvgIpc) is 3.10. The van der Waals surface area contributed by atoms with Crippen molar-refractivity contribution in [1.82, 2.24) is 15.1 Å². The number of benzene rings is 2. The van der Waals surface area contributed by atoms with E-state index >= 15 is 0 Å². The summed E-state index contributed by atoms with van der Waals surface area (Å²) in [6, 6.07) is 13.7. The number of nitrogens with one attached hydrogen (secondary N) is 1. The fourth-order valence-electron chi connectivity index (χ4n) is 2.72. The van der Waals surface area contributed by atoms with Crippen molar-refractivity contribution < 1.29 is 13.9 Å². The Morgan fingerprint density at radius 2 is 1.85 bits per heavy atom. The molecule has 3 aromatic rings. The highest BCUT2D eigenvalue weighted by Gasteiger charge is 2.17. The summed E-state index contributed by atoms with van der Waals surface area (Å²) in [4.78, 5) is 12.6. The maximum atomic E-state index is 13.3. The third-order valence-electron chi connectivity index (χ3n) is 4.41. The highest BCUT2D eigenvalue weighted by atomic mass is 19.1. The first kappa shape index (κ1) is 18.8. The molecular formula is C21H22FN3O2. The van der Waals surface area contributed by atoms with Gasteiger partial charge in [0.25, 0.3) is 5.91 Å². The summed E-state index contributed by atoms with van der Waals surface area (Å²) in [5, 5.41) is 7.41. The molecule has 0 spiro atoms. The van der Waals surface area contributed by atoms with E-state index in [1.54, 1.807) is 25.3 Å². The van der Waals surface area contributed by atoms with E-state index in [4.69, 9.17) is 4.74 Å². The van der Waals surface area contributed by atoms with Crippen LogP contribution in [0.1, 0.15) is 21.6 Å². The number of carbonyl (C=O) groups excluding carboxylic acids is 1. The molecule has 0 atom stereocenters.